The van der Waals surface area contributed by atoms with Crippen molar-refractivity contribution in [2.75, 3.05) is 5.32 Å². The number of carbonyl (C=O) groups is 1. The lowest BCUT2D eigenvalue weighted by atomic mass is 10.1. The van der Waals surface area contributed by atoms with Gasteiger partial charge >= 0.3 is 0 Å². The van der Waals surface area contributed by atoms with Crippen molar-refractivity contribution in [1.29, 1.82) is 5.26 Å². The number of fused-ring (bicyclic) bond motifs is 1. The minimum atomic E-state index is -0.149. The summed E-state index contributed by atoms with van der Waals surface area (Å²) >= 11 is 0. The number of pyridine rings is 1. The van der Waals surface area contributed by atoms with Gasteiger partial charge in [-0.3, -0.25) is 14.0 Å². The summed E-state index contributed by atoms with van der Waals surface area (Å²) in [5, 5.41) is 25.1. The number of hydrogen-bond acceptors (Lipinski definition) is 8. The van der Waals surface area contributed by atoms with Crippen molar-refractivity contribution in [3.05, 3.63) is 71.8 Å². The van der Waals surface area contributed by atoms with Crippen LogP contribution < -0.4 is 5.32 Å². The van der Waals surface area contributed by atoms with Gasteiger partial charge in [0.2, 0.25) is 0 Å². The molecule has 10 nitrogen and oxygen atoms in total. The lowest BCUT2D eigenvalue weighted by Gasteiger charge is -2.11. The first-order valence-electron chi connectivity index (χ1n) is 10.4. The fraction of sp³-hybridized carbons (Fsp3) is 0.125. The van der Waals surface area contributed by atoms with Crippen LogP contribution in [0.1, 0.15) is 28.5 Å². The fourth-order valence-electron chi connectivity index (χ4n) is 3.73. The van der Waals surface area contributed by atoms with Gasteiger partial charge in [0.25, 0.3) is 0 Å². The Balaban J connectivity index is 1.57. The quantitative estimate of drug-likeness (QED) is 0.402. The Morgan fingerprint density at radius 1 is 1.12 bits per heavy atom. The number of Topliss-reactive ketones (excluding diaryl/α,β-unsaturated/α-hetero) is 1. The number of rotatable bonds is 5. The van der Waals surface area contributed by atoms with Gasteiger partial charge in [-0.1, -0.05) is 0 Å². The Kier molecular flexibility index (Phi) is 5.07. The third-order valence-corrected chi connectivity index (χ3v) is 5.41. The highest BCUT2D eigenvalue weighted by molar-refractivity contribution is 6.00. The number of nitrogens with zero attached hydrogens (tertiary/aromatic N) is 8. The van der Waals surface area contributed by atoms with Crippen LogP contribution in [0.2, 0.25) is 0 Å². The lowest BCUT2D eigenvalue weighted by molar-refractivity contribution is 0.101. The highest BCUT2D eigenvalue weighted by atomic mass is 16.1. The topological polar surface area (TPSA) is 127 Å². The number of imidazole rings is 1. The van der Waals surface area contributed by atoms with Gasteiger partial charge in [-0.15, -0.1) is 5.10 Å². The minimum Gasteiger partial charge on any atom is -0.339 e. The molecular weight excluding hydrogens is 430 g/mol. The average Bonchev–Trinajstić information content (AvgIpc) is 3.42. The third kappa shape index (κ3) is 3.65. The number of nitrogens with one attached hydrogen (secondary N) is 1. The summed E-state index contributed by atoms with van der Waals surface area (Å²) < 4.78 is 3.38. The van der Waals surface area contributed by atoms with Crippen LogP contribution in [0.15, 0.2) is 55.0 Å². The molecule has 166 valence electrons. The molecule has 0 saturated heterocycles. The van der Waals surface area contributed by atoms with E-state index in [4.69, 9.17) is 4.98 Å². The number of carbonyl (C=O) groups excluding carboxylic acids is 1. The highest BCUT2D eigenvalue weighted by Gasteiger charge is 2.20. The molecule has 1 aromatic carbocycles. The van der Waals surface area contributed by atoms with Gasteiger partial charge in [-0.2, -0.15) is 15.5 Å². The van der Waals surface area contributed by atoms with Crippen LogP contribution in [-0.2, 0) is 7.05 Å². The molecule has 0 amide bonds. The highest BCUT2D eigenvalue weighted by Crippen LogP contribution is 2.28. The van der Waals surface area contributed by atoms with Crippen LogP contribution in [0.5, 0.6) is 0 Å². The van der Waals surface area contributed by atoms with Gasteiger partial charge in [0.15, 0.2) is 11.6 Å². The molecule has 10 heteroatoms. The van der Waals surface area contributed by atoms with Crippen LogP contribution in [0.3, 0.4) is 0 Å². The molecule has 0 fully saturated rings. The van der Waals surface area contributed by atoms with Crippen molar-refractivity contribution >= 4 is 28.3 Å². The average molecular weight is 449 g/mol. The van der Waals surface area contributed by atoms with Gasteiger partial charge in [0.1, 0.15) is 29.6 Å². The molecule has 0 bridgehead atoms. The molecule has 0 radical (unpaired) electrons. The van der Waals surface area contributed by atoms with Crippen molar-refractivity contribution in [2.24, 2.45) is 7.05 Å². The van der Waals surface area contributed by atoms with Crippen molar-refractivity contribution in [1.82, 2.24) is 34.5 Å². The standard InChI is InChI=1S/C24H19N9O/c1-14-4-8-21(31-30-14)28-17-5-7-20-19(10-17)26-13-33(20)22-9-6-18(15(2)34)23(29-22)24-16(11-25)12-27-32(24)3/h4-10,12-13H,1-3H3,(H,28,31). The molecule has 5 rings (SSSR count). The summed E-state index contributed by atoms with van der Waals surface area (Å²) in [5.41, 5.74) is 4.91. The first-order chi connectivity index (χ1) is 16.4. The molecule has 4 heterocycles. The number of aryl methyl sites for hydroxylation is 2. The number of nitriles is 1. The summed E-state index contributed by atoms with van der Waals surface area (Å²) in [7, 11) is 1.72. The second-order valence-electron chi connectivity index (χ2n) is 7.77. The molecule has 4 aromatic heterocycles. The summed E-state index contributed by atoms with van der Waals surface area (Å²) in [6.07, 6.45) is 3.14. The molecule has 0 spiro atoms. The number of aromatic nitrogens is 7. The van der Waals surface area contributed by atoms with Crippen LogP contribution in [-0.4, -0.2) is 40.3 Å². The van der Waals surface area contributed by atoms with Gasteiger partial charge in [0.05, 0.1) is 28.5 Å². The van der Waals surface area contributed by atoms with Gasteiger partial charge in [-0.05, 0) is 56.3 Å². The van der Waals surface area contributed by atoms with Crippen molar-refractivity contribution in [3.8, 4) is 23.3 Å². The maximum Gasteiger partial charge on any atom is 0.162 e. The first-order valence-corrected chi connectivity index (χ1v) is 10.4. The van der Waals surface area contributed by atoms with Crippen molar-refractivity contribution < 1.29 is 4.79 Å². The molecule has 0 aliphatic carbocycles. The monoisotopic (exact) mass is 449 g/mol. The second kappa shape index (κ2) is 8.22. The number of ketones is 1. The molecule has 34 heavy (non-hydrogen) atoms. The summed E-state index contributed by atoms with van der Waals surface area (Å²) in [5.74, 6) is 1.06. The molecule has 0 saturated carbocycles. The SMILES string of the molecule is CC(=O)c1ccc(-n2cnc3cc(Nc4ccc(C)nn4)ccc32)nc1-c1c(C#N)cnn1C. The zero-order valence-electron chi connectivity index (χ0n) is 18.7. The molecule has 0 atom stereocenters. The van der Waals surface area contributed by atoms with Crippen LogP contribution in [0.4, 0.5) is 11.5 Å². The third-order valence-electron chi connectivity index (χ3n) is 5.41. The molecule has 5 aromatic rings. The summed E-state index contributed by atoms with van der Waals surface area (Å²) in [6, 6.07) is 15.1. The van der Waals surface area contributed by atoms with E-state index in [-0.39, 0.29) is 5.78 Å². The zero-order chi connectivity index (χ0) is 23.8. The van der Waals surface area contributed by atoms with E-state index < -0.39 is 0 Å². The lowest BCUT2D eigenvalue weighted by Crippen LogP contribution is -2.07. The summed E-state index contributed by atoms with van der Waals surface area (Å²) in [6.45, 7) is 3.36. The fourth-order valence-corrected chi connectivity index (χ4v) is 3.73. The van der Waals surface area contributed by atoms with Crippen LogP contribution in [0, 0.1) is 18.3 Å². The largest absolute Gasteiger partial charge is 0.339 e. The van der Waals surface area contributed by atoms with Gasteiger partial charge in [-0.25, -0.2) is 9.97 Å². The Morgan fingerprint density at radius 2 is 1.97 bits per heavy atom. The predicted octanol–water partition coefficient (Wildman–Crippen LogP) is 3.74. The Hall–Kier alpha value is -4.91. The van der Waals surface area contributed by atoms with Crippen LogP contribution >= 0.6 is 0 Å². The number of hydrogen-bond donors (Lipinski definition) is 1. The predicted molar refractivity (Wildman–Crippen MR) is 126 cm³/mol. The molecule has 1 N–H and O–H groups in total. The van der Waals surface area contributed by atoms with E-state index in [9.17, 15) is 10.1 Å². The van der Waals surface area contributed by atoms with Gasteiger partial charge < -0.3 is 5.32 Å². The molecule has 0 aliphatic rings. The smallest absolute Gasteiger partial charge is 0.162 e. The number of anilines is 2. The normalized spacial score (nSPS) is 10.9. The second-order valence-corrected chi connectivity index (χ2v) is 7.77. The zero-order valence-corrected chi connectivity index (χ0v) is 18.7. The van der Waals surface area contributed by atoms with Gasteiger partial charge in [0, 0.05) is 18.3 Å². The molecule has 0 unspecified atom stereocenters. The number of benzene rings is 1. The van der Waals surface area contributed by atoms with E-state index in [2.05, 4.69) is 31.7 Å². The maximum atomic E-state index is 12.3. The van der Waals surface area contributed by atoms with E-state index in [1.165, 1.54) is 13.1 Å². The summed E-state index contributed by atoms with van der Waals surface area (Å²) in [4.78, 5) is 21.6. The van der Waals surface area contributed by atoms with E-state index in [1.807, 2.05) is 41.8 Å². The van der Waals surface area contributed by atoms with Crippen molar-refractivity contribution in [3.63, 3.8) is 0 Å². The Morgan fingerprint density at radius 3 is 2.71 bits per heavy atom. The Bertz CT molecular complexity index is 1590. The minimum absolute atomic E-state index is 0.149. The van der Waals surface area contributed by atoms with Crippen molar-refractivity contribution in [2.45, 2.75) is 13.8 Å². The Labute approximate surface area is 194 Å². The van der Waals surface area contributed by atoms with Crippen LogP contribution in [0.25, 0.3) is 28.2 Å². The van der Waals surface area contributed by atoms with E-state index in [1.54, 1.807) is 30.2 Å². The van der Waals surface area contributed by atoms with E-state index in [0.29, 0.717) is 34.2 Å². The molecule has 0 aliphatic heterocycles. The van der Waals surface area contributed by atoms with E-state index in [0.717, 1.165) is 22.4 Å². The first kappa shape index (κ1) is 21.0. The molecular formula is C24H19N9O. The maximum absolute atomic E-state index is 12.3. The van der Waals surface area contributed by atoms with E-state index >= 15 is 0 Å².